The average Bonchev–Trinajstić information content (AvgIpc) is 2.93. The number of carbonyl (C=O) groups excluding carboxylic acids is 1. The average molecular weight is 501 g/mol. The van der Waals surface area contributed by atoms with Crippen molar-refractivity contribution < 1.29 is 29.3 Å². The van der Waals surface area contributed by atoms with E-state index in [0.717, 1.165) is 69.1 Å². The quantitative estimate of drug-likeness (QED) is 0.340. The first-order valence-corrected chi connectivity index (χ1v) is 13.7. The second-order valence-corrected chi connectivity index (χ2v) is 12.8. The lowest BCUT2D eigenvalue weighted by Gasteiger charge is -2.54. The number of carboxylic acids is 1. The molecule has 3 fully saturated rings. The highest BCUT2D eigenvalue weighted by molar-refractivity contribution is 5.88. The summed E-state index contributed by atoms with van der Waals surface area (Å²) in [6.07, 6.45) is 8.58. The van der Waals surface area contributed by atoms with Crippen LogP contribution in [0.3, 0.4) is 0 Å². The second kappa shape index (κ2) is 9.66. The Bertz CT molecular complexity index is 976. The van der Waals surface area contributed by atoms with Crippen molar-refractivity contribution in [3.63, 3.8) is 0 Å². The molecule has 2 N–H and O–H groups in total. The molecule has 0 unspecified atom stereocenters. The Labute approximate surface area is 215 Å². The van der Waals surface area contributed by atoms with Crippen LogP contribution < -0.4 is 0 Å². The number of fused-ring (bicyclic) bond motifs is 2. The molecule has 0 saturated heterocycles. The number of rotatable bonds is 5. The van der Waals surface area contributed by atoms with Crippen molar-refractivity contribution in [3.8, 4) is 0 Å². The minimum Gasteiger partial charge on any atom is -0.478 e. The van der Waals surface area contributed by atoms with Gasteiger partial charge in [-0.3, -0.25) is 0 Å². The maximum atomic E-state index is 13.2. The van der Waals surface area contributed by atoms with Gasteiger partial charge in [-0.05, 0) is 106 Å². The molecule has 4 rings (SSSR count). The molecule has 1 heterocycles. The summed E-state index contributed by atoms with van der Waals surface area (Å²) >= 11 is 0. The summed E-state index contributed by atoms with van der Waals surface area (Å²) in [5, 5.41) is 20.5. The number of hydrogen-bond donors (Lipinski definition) is 2. The summed E-state index contributed by atoms with van der Waals surface area (Å²) in [5.41, 5.74) is 1.16. The zero-order valence-corrected chi connectivity index (χ0v) is 22.5. The molecule has 3 aliphatic carbocycles. The standard InChI is InChI=1S/C30H44O6/c1-18(26(31)32)21-8-13-28(4)15-10-25(35-20(3)23(28)16-21)36-27(33)19(2)22-9-14-29(5)11-7-12-30(6,34)24(29)17-22/h21-22,24-25,34H,1-2,7-17H2,3-6H3,(H,31,32)/t21-,22+,24+,25-,28-,29-,30+/m0/s1. The van der Waals surface area contributed by atoms with Gasteiger partial charge in [0.1, 0.15) is 0 Å². The van der Waals surface area contributed by atoms with Gasteiger partial charge in [-0.25, -0.2) is 9.59 Å². The van der Waals surface area contributed by atoms with Crippen LogP contribution in [0.15, 0.2) is 35.6 Å². The van der Waals surface area contributed by atoms with Crippen LogP contribution in [-0.4, -0.2) is 34.0 Å². The van der Waals surface area contributed by atoms with Gasteiger partial charge in [-0.1, -0.05) is 33.4 Å². The van der Waals surface area contributed by atoms with Gasteiger partial charge in [0.15, 0.2) is 0 Å². The number of ether oxygens (including phenoxy) is 2. The summed E-state index contributed by atoms with van der Waals surface area (Å²) in [4.78, 5) is 24.6. The molecule has 6 nitrogen and oxygen atoms in total. The van der Waals surface area contributed by atoms with Crippen molar-refractivity contribution >= 4 is 11.9 Å². The molecule has 0 amide bonds. The summed E-state index contributed by atoms with van der Waals surface area (Å²) in [5.74, 6) is -0.563. The molecule has 0 spiro atoms. The fourth-order valence-electron chi connectivity index (χ4n) is 7.77. The maximum absolute atomic E-state index is 13.2. The fourth-order valence-corrected chi connectivity index (χ4v) is 7.77. The van der Waals surface area contributed by atoms with Crippen LogP contribution in [0.1, 0.15) is 98.3 Å². The molecule has 0 aromatic heterocycles. The van der Waals surface area contributed by atoms with Crippen LogP contribution in [0.2, 0.25) is 0 Å². The van der Waals surface area contributed by atoms with E-state index < -0.39 is 23.8 Å². The minimum absolute atomic E-state index is 0.00765. The summed E-state index contributed by atoms with van der Waals surface area (Å²) in [6.45, 7) is 16.3. The molecule has 4 aliphatic rings. The van der Waals surface area contributed by atoms with E-state index in [2.05, 4.69) is 27.0 Å². The lowest BCUT2D eigenvalue weighted by atomic mass is 9.53. The number of aliphatic carboxylic acids is 1. The monoisotopic (exact) mass is 500 g/mol. The molecule has 0 bridgehead atoms. The molecule has 0 aromatic rings. The van der Waals surface area contributed by atoms with Gasteiger partial charge in [0.2, 0.25) is 6.29 Å². The van der Waals surface area contributed by atoms with Gasteiger partial charge in [0.05, 0.1) is 11.4 Å². The Morgan fingerprint density at radius 3 is 2.33 bits per heavy atom. The second-order valence-electron chi connectivity index (χ2n) is 12.8. The van der Waals surface area contributed by atoms with Crippen LogP contribution in [0.4, 0.5) is 0 Å². The largest absolute Gasteiger partial charge is 0.478 e. The van der Waals surface area contributed by atoms with E-state index >= 15 is 0 Å². The van der Waals surface area contributed by atoms with Crippen molar-refractivity contribution in [1.29, 1.82) is 0 Å². The van der Waals surface area contributed by atoms with Crippen LogP contribution in [0, 0.1) is 28.6 Å². The van der Waals surface area contributed by atoms with E-state index in [-0.39, 0.29) is 34.2 Å². The number of hydrogen-bond acceptors (Lipinski definition) is 5. The van der Waals surface area contributed by atoms with E-state index in [9.17, 15) is 19.8 Å². The van der Waals surface area contributed by atoms with Gasteiger partial charge in [-0.2, -0.15) is 0 Å². The molecule has 0 aromatic carbocycles. The predicted molar refractivity (Wildman–Crippen MR) is 138 cm³/mol. The molecule has 3 saturated carbocycles. The van der Waals surface area contributed by atoms with E-state index in [1.165, 1.54) is 0 Å². The molecule has 6 heteroatoms. The van der Waals surface area contributed by atoms with Crippen LogP contribution in [-0.2, 0) is 19.1 Å². The minimum atomic E-state index is -0.945. The van der Waals surface area contributed by atoms with E-state index in [4.69, 9.17) is 9.47 Å². The summed E-state index contributed by atoms with van der Waals surface area (Å²) < 4.78 is 12.0. The maximum Gasteiger partial charge on any atom is 0.336 e. The van der Waals surface area contributed by atoms with Crippen LogP contribution >= 0.6 is 0 Å². The first-order valence-electron chi connectivity index (χ1n) is 13.7. The SMILES string of the molecule is C=C(C(=O)O)[C@H]1CC[C@@]2(C)CC[C@H](OC(=O)C(=C)[C@@H]3CC[C@]4(C)CCC[C@@](C)(O)[C@@H]4C3)OC(C)=C2C1. The summed E-state index contributed by atoms with van der Waals surface area (Å²) in [7, 11) is 0. The van der Waals surface area contributed by atoms with Gasteiger partial charge in [0.25, 0.3) is 0 Å². The molecular weight excluding hydrogens is 456 g/mol. The Balaban J connectivity index is 1.41. The third kappa shape index (κ3) is 5.03. The molecule has 7 atom stereocenters. The zero-order valence-electron chi connectivity index (χ0n) is 22.5. The van der Waals surface area contributed by atoms with Gasteiger partial charge < -0.3 is 19.7 Å². The van der Waals surface area contributed by atoms with Crippen LogP contribution in [0.5, 0.6) is 0 Å². The zero-order chi connectivity index (χ0) is 26.5. The van der Waals surface area contributed by atoms with E-state index in [1.54, 1.807) is 0 Å². The number of carbonyl (C=O) groups is 2. The number of allylic oxidation sites excluding steroid dienone is 2. The lowest BCUT2D eigenvalue weighted by molar-refractivity contribution is -0.169. The first-order chi connectivity index (χ1) is 16.8. The molecule has 0 radical (unpaired) electrons. The number of carboxylic acid groups (broad SMARTS) is 1. The van der Waals surface area contributed by atoms with E-state index in [0.29, 0.717) is 18.4 Å². The normalized spacial score (nSPS) is 40.7. The van der Waals surface area contributed by atoms with Crippen molar-refractivity contribution in [2.24, 2.45) is 28.6 Å². The summed E-state index contributed by atoms with van der Waals surface area (Å²) in [6, 6.07) is 0. The van der Waals surface area contributed by atoms with Gasteiger partial charge in [-0.15, -0.1) is 0 Å². The highest BCUT2D eigenvalue weighted by Gasteiger charge is 2.51. The predicted octanol–water partition coefficient (Wildman–Crippen LogP) is 6.30. The van der Waals surface area contributed by atoms with Gasteiger partial charge in [0, 0.05) is 17.6 Å². The number of aliphatic hydroxyl groups is 1. The smallest absolute Gasteiger partial charge is 0.336 e. The highest BCUT2D eigenvalue weighted by atomic mass is 16.7. The Kier molecular flexibility index (Phi) is 7.24. The van der Waals surface area contributed by atoms with Gasteiger partial charge >= 0.3 is 11.9 Å². The van der Waals surface area contributed by atoms with Crippen molar-refractivity contribution in [1.82, 2.24) is 0 Å². The fraction of sp³-hybridized carbons (Fsp3) is 0.733. The van der Waals surface area contributed by atoms with Crippen molar-refractivity contribution in [2.75, 3.05) is 0 Å². The topological polar surface area (TPSA) is 93.1 Å². The van der Waals surface area contributed by atoms with Crippen molar-refractivity contribution in [2.45, 2.75) is 110 Å². The van der Waals surface area contributed by atoms with Crippen LogP contribution in [0.25, 0.3) is 0 Å². The Hall–Kier alpha value is -2.08. The van der Waals surface area contributed by atoms with E-state index in [1.807, 2.05) is 13.8 Å². The first kappa shape index (κ1) is 27.0. The number of esters is 1. The Morgan fingerprint density at radius 1 is 0.972 bits per heavy atom. The Morgan fingerprint density at radius 2 is 1.64 bits per heavy atom. The highest BCUT2D eigenvalue weighted by Crippen LogP contribution is 2.56. The lowest BCUT2D eigenvalue weighted by Crippen LogP contribution is -2.51. The molecular formula is C30H44O6. The molecule has 1 aliphatic heterocycles. The third-order valence-corrected chi connectivity index (χ3v) is 10.3. The third-order valence-electron chi connectivity index (χ3n) is 10.3. The van der Waals surface area contributed by atoms with Crippen molar-refractivity contribution in [3.05, 3.63) is 35.6 Å². The molecule has 36 heavy (non-hydrogen) atoms. The molecule has 200 valence electrons.